The summed E-state index contributed by atoms with van der Waals surface area (Å²) in [6.07, 6.45) is 0. The second kappa shape index (κ2) is 3.78. The Balaban J connectivity index is 2.59. The van der Waals surface area contributed by atoms with Crippen molar-refractivity contribution in [1.29, 1.82) is 0 Å². The average molecular weight is 223 g/mol. The average Bonchev–Trinajstić information content (AvgIpc) is 2.18. The number of anilines is 1. The van der Waals surface area contributed by atoms with Crippen molar-refractivity contribution in [2.75, 3.05) is 5.73 Å². The highest BCUT2D eigenvalue weighted by Crippen LogP contribution is 2.25. The molecule has 0 saturated heterocycles. The molecular weight excluding hydrogens is 214 g/mol. The van der Waals surface area contributed by atoms with Crippen LogP contribution in [0, 0.1) is 0 Å². The second-order valence-electron chi connectivity index (χ2n) is 3.05. The fourth-order valence-electron chi connectivity index (χ4n) is 1.42. The maximum absolute atomic E-state index is 10.4. The minimum Gasteiger partial charge on any atom is -0.398 e. The van der Waals surface area contributed by atoms with Crippen LogP contribution in [0.2, 0.25) is 0 Å². The normalized spacial score (nSPS) is 10.7. The Kier molecular flexibility index (Phi) is 2.47. The highest BCUT2D eigenvalue weighted by atomic mass is 32.2. The predicted octanol–water partition coefficient (Wildman–Crippen LogP) is 1.33. The maximum atomic E-state index is 10.4. The van der Waals surface area contributed by atoms with E-state index >= 15 is 0 Å². The molecule has 2 aromatic carbocycles. The number of hydrogen-bond donors (Lipinski definition) is 2. The van der Waals surface area contributed by atoms with Gasteiger partial charge in [0.1, 0.15) is 5.75 Å². The smallest absolute Gasteiger partial charge is 0.299 e. The molecule has 0 heterocycles. The highest BCUT2D eigenvalue weighted by molar-refractivity contribution is 7.67. The van der Waals surface area contributed by atoms with Crippen LogP contribution in [0.4, 0.5) is 5.69 Å². The van der Waals surface area contributed by atoms with E-state index in [0.717, 1.165) is 10.8 Å². The summed E-state index contributed by atoms with van der Waals surface area (Å²) < 4.78 is 25.3. The van der Waals surface area contributed by atoms with Crippen LogP contribution in [0.25, 0.3) is 10.8 Å². The van der Waals surface area contributed by atoms with Crippen LogP contribution in [0.5, 0.6) is 5.75 Å². The molecule has 0 unspecified atom stereocenters. The van der Waals surface area contributed by atoms with Crippen LogP contribution < -0.4 is 9.92 Å². The third kappa shape index (κ3) is 2.02. The van der Waals surface area contributed by atoms with E-state index in [4.69, 9.17) is 5.73 Å². The first-order valence-electron chi connectivity index (χ1n) is 4.27. The molecule has 0 aliphatic carbocycles. The quantitative estimate of drug-likeness (QED) is 0.595. The van der Waals surface area contributed by atoms with Gasteiger partial charge >= 0.3 is 0 Å². The van der Waals surface area contributed by atoms with E-state index in [1.807, 2.05) is 12.1 Å². The lowest BCUT2D eigenvalue weighted by Crippen LogP contribution is -1.91. The van der Waals surface area contributed by atoms with E-state index in [1.165, 1.54) is 0 Å². The van der Waals surface area contributed by atoms with Crippen LogP contribution in [-0.4, -0.2) is 8.42 Å². The maximum Gasteiger partial charge on any atom is 0.299 e. The van der Waals surface area contributed by atoms with Gasteiger partial charge in [0.15, 0.2) is 0 Å². The van der Waals surface area contributed by atoms with Gasteiger partial charge in [-0.3, -0.25) is 0 Å². The molecule has 0 aliphatic heterocycles. The Bertz CT molecular complexity index is 570. The summed E-state index contributed by atoms with van der Waals surface area (Å²) in [4.78, 5) is 0. The van der Waals surface area contributed by atoms with Crippen LogP contribution in [-0.2, 0) is 11.0 Å². The molecule has 0 atom stereocenters. The van der Waals surface area contributed by atoms with Gasteiger partial charge in [-0.1, -0.05) is 18.2 Å². The first-order valence-corrected chi connectivity index (χ1v) is 5.37. The van der Waals surface area contributed by atoms with Crippen LogP contribution in [0.1, 0.15) is 0 Å². The summed E-state index contributed by atoms with van der Waals surface area (Å²) in [6, 6.07) is 10.4. The summed E-state index contributed by atoms with van der Waals surface area (Å²) >= 11 is 0. The lowest BCUT2D eigenvalue weighted by atomic mass is 10.1. The van der Waals surface area contributed by atoms with Gasteiger partial charge < -0.3 is 9.92 Å². The van der Waals surface area contributed by atoms with Gasteiger partial charge in [0.25, 0.3) is 11.0 Å². The van der Waals surface area contributed by atoms with Gasteiger partial charge in [-0.15, -0.1) is 0 Å². The molecule has 2 aromatic rings. The molecule has 15 heavy (non-hydrogen) atoms. The Labute approximate surface area is 88.4 Å². The minimum atomic E-state index is -2.88. The van der Waals surface area contributed by atoms with Gasteiger partial charge in [-0.2, -0.15) is 8.42 Å². The first-order chi connectivity index (χ1) is 7.16. The summed E-state index contributed by atoms with van der Waals surface area (Å²) in [7, 11) is -2.88. The zero-order chi connectivity index (χ0) is 10.8. The van der Waals surface area contributed by atoms with Crippen molar-refractivity contribution in [2.24, 2.45) is 0 Å². The van der Waals surface area contributed by atoms with E-state index < -0.39 is 11.0 Å². The van der Waals surface area contributed by atoms with Gasteiger partial charge in [0.05, 0.1) is 0 Å². The number of hydrogen-bond acceptors (Lipinski definition) is 4. The molecule has 78 valence electrons. The van der Waals surface area contributed by atoms with Gasteiger partial charge in [-0.25, -0.2) is 0 Å². The minimum absolute atomic E-state index is 0.275. The lowest BCUT2D eigenvalue weighted by Gasteiger charge is -2.03. The Morgan fingerprint density at radius 1 is 1.13 bits per heavy atom. The van der Waals surface area contributed by atoms with E-state index in [1.54, 1.807) is 24.3 Å². The Hall–Kier alpha value is -1.75. The molecule has 0 aliphatic rings. The molecule has 2 N–H and O–H groups in total. The number of nitrogens with two attached hydrogens (primary N) is 1. The molecule has 4 nitrogen and oxygen atoms in total. The van der Waals surface area contributed by atoms with Crippen LogP contribution in [0.3, 0.4) is 0 Å². The number of benzene rings is 2. The first kappa shape index (κ1) is 9.79. The predicted molar refractivity (Wildman–Crippen MR) is 59.3 cm³/mol. The summed E-state index contributed by atoms with van der Waals surface area (Å²) in [6.45, 7) is 0. The molecule has 5 heteroatoms. The van der Waals surface area contributed by atoms with E-state index in [-0.39, 0.29) is 5.75 Å². The third-order valence-electron chi connectivity index (χ3n) is 2.07. The van der Waals surface area contributed by atoms with Crippen molar-refractivity contribution >= 4 is 27.4 Å². The molecule has 0 amide bonds. The molecular formula is C10H9NO3S. The van der Waals surface area contributed by atoms with Gasteiger partial charge in [-0.05, 0) is 23.6 Å². The summed E-state index contributed by atoms with van der Waals surface area (Å²) in [5.41, 5.74) is 6.35. The van der Waals surface area contributed by atoms with Crippen molar-refractivity contribution in [3.63, 3.8) is 0 Å². The zero-order valence-corrected chi connectivity index (χ0v) is 8.61. The molecule has 0 radical (unpaired) electrons. The molecule has 0 aromatic heterocycles. The Morgan fingerprint density at radius 2 is 1.93 bits per heavy atom. The van der Waals surface area contributed by atoms with E-state index in [0.29, 0.717) is 5.69 Å². The fourth-order valence-corrected chi connectivity index (χ4v) is 1.70. The summed E-state index contributed by atoms with van der Waals surface area (Å²) in [5, 5.41) is 1.73. The molecule has 0 saturated carbocycles. The van der Waals surface area contributed by atoms with Crippen molar-refractivity contribution < 1.29 is 12.6 Å². The van der Waals surface area contributed by atoms with Crippen LogP contribution in [0.15, 0.2) is 36.4 Å². The number of nitrogen functional groups attached to an aromatic ring is 1. The molecule has 2 rings (SSSR count). The Morgan fingerprint density at radius 3 is 2.67 bits per heavy atom. The van der Waals surface area contributed by atoms with E-state index in [9.17, 15) is 8.42 Å². The van der Waals surface area contributed by atoms with Crippen molar-refractivity contribution in [2.45, 2.75) is 0 Å². The zero-order valence-electron chi connectivity index (χ0n) is 7.71. The standard InChI is InChI=1S/C10H9NO3S/c11-10-3-1-2-7-4-5-8(6-9(7)10)14-15(12)13/h1-6,15H,11H2. The van der Waals surface area contributed by atoms with Gasteiger partial charge in [0, 0.05) is 11.1 Å². The van der Waals surface area contributed by atoms with Crippen molar-refractivity contribution in [3.05, 3.63) is 36.4 Å². The van der Waals surface area contributed by atoms with Crippen LogP contribution >= 0.6 is 0 Å². The van der Waals surface area contributed by atoms with Crippen molar-refractivity contribution in [3.8, 4) is 5.75 Å². The lowest BCUT2D eigenvalue weighted by molar-refractivity contribution is 0.511. The molecule has 0 bridgehead atoms. The second-order valence-corrected chi connectivity index (χ2v) is 3.67. The largest absolute Gasteiger partial charge is 0.398 e. The molecule has 0 fully saturated rings. The SMILES string of the molecule is Nc1cccc2ccc(O[SH](=O)=O)cc12. The van der Waals surface area contributed by atoms with E-state index in [2.05, 4.69) is 4.18 Å². The molecule has 0 spiro atoms. The number of rotatable bonds is 2. The van der Waals surface area contributed by atoms with Crippen molar-refractivity contribution in [1.82, 2.24) is 0 Å². The number of thiol groups is 1. The fraction of sp³-hybridized carbons (Fsp3) is 0. The van der Waals surface area contributed by atoms with Gasteiger partial charge in [0.2, 0.25) is 0 Å². The summed E-state index contributed by atoms with van der Waals surface area (Å²) in [5.74, 6) is 0.275. The monoisotopic (exact) mass is 223 g/mol. The topological polar surface area (TPSA) is 69.4 Å². The number of fused-ring (bicyclic) bond motifs is 1. The highest BCUT2D eigenvalue weighted by Gasteiger charge is 2.00. The third-order valence-corrected chi connectivity index (χ3v) is 2.43.